The van der Waals surface area contributed by atoms with Gasteiger partial charge in [0.05, 0.1) is 18.3 Å². The monoisotopic (exact) mass is 443 g/mol. The van der Waals surface area contributed by atoms with Crippen LogP contribution in [-0.2, 0) is 17.9 Å². The number of benzene rings is 2. The highest BCUT2D eigenvalue weighted by Gasteiger charge is 2.20. The lowest BCUT2D eigenvalue weighted by Crippen LogP contribution is -2.34. The largest absolute Gasteiger partial charge is 0.291 e. The van der Waals surface area contributed by atoms with Crippen molar-refractivity contribution in [2.45, 2.75) is 13.1 Å². The minimum Gasteiger partial charge on any atom is -0.291 e. The molecule has 9 heteroatoms. The number of anilines is 1. The van der Waals surface area contributed by atoms with E-state index in [1.54, 1.807) is 34.2 Å². The number of pyridine rings is 1. The number of nitrogens with zero attached hydrogens (tertiary/aromatic N) is 6. The Labute approximate surface area is 188 Å². The molecule has 0 aliphatic heterocycles. The molecule has 1 amide bonds. The molecule has 0 saturated carbocycles. The van der Waals surface area contributed by atoms with Crippen LogP contribution in [0.2, 0.25) is 5.02 Å². The third kappa shape index (κ3) is 4.08. The zero-order chi connectivity index (χ0) is 21.9. The Kier molecular flexibility index (Phi) is 5.35. The maximum Gasteiger partial charge on any atom is 0.250 e. The lowest BCUT2D eigenvalue weighted by Gasteiger charge is -2.22. The van der Waals surface area contributed by atoms with E-state index in [0.29, 0.717) is 17.4 Å². The first-order valence-corrected chi connectivity index (χ1v) is 10.3. The molecule has 0 saturated heterocycles. The number of para-hydroxylation sites is 1. The molecule has 8 nitrogen and oxygen atoms in total. The first-order valence-electron chi connectivity index (χ1n) is 9.95. The Hall–Kier alpha value is -4.04. The van der Waals surface area contributed by atoms with Gasteiger partial charge in [0.2, 0.25) is 5.91 Å². The summed E-state index contributed by atoms with van der Waals surface area (Å²) in [5, 5.41) is 15.7. The summed E-state index contributed by atoms with van der Waals surface area (Å²) in [6.45, 7) is 0.357. The van der Waals surface area contributed by atoms with Crippen molar-refractivity contribution in [3.8, 4) is 11.1 Å². The summed E-state index contributed by atoms with van der Waals surface area (Å²) in [7, 11) is 0. The number of aromatic amines is 1. The van der Waals surface area contributed by atoms with Crippen LogP contribution in [0.5, 0.6) is 0 Å². The topological polar surface area (TPSA) is 92.6 Å². The van der Waals surface area contributed by atoms with E-state index in [1.165, 1.54) is 0 Å². The van der Waals surface area contributed by atoms with Gasteiger partial charge >= 0.3 is 0 Å². The van der Waals surface area contributed by atoms with Crippen LogP contribution in [0.3, 0.4) is 0 Å². The summed E-state index contributed by atoms with van der Waals surface area (Å²) in [5.41, 5.74) is 4.26. The lowest BCUT2D eigenvalue weighted by molar-refractivity contribution is -0.119. The smallest absolute Gasteiger partial charge is 0.250 e. The van der Waals surface area contributed by atoms with Crippen molar-refractivity contribution in [1.82, 2.24) is 30.2 Å². The summed E-state index contributed by atoms with van der Waals surface area (Å²) >= 11 is 6.16. The summed E-state index contributed by atoms with van der Waals surface area (Å²) in [4.78, 5) is 19.6. The van der Waals surface area contributed by atoms with Crippen molar-refractivity contribution in [3.63, 3.8) is 0 Å². The fourth-order valence-corrected chi connectivity index (χ4v) is 3.70. The maximum absolute atomic E-state index is 13.4. The Balaban J connectivity index is 1.46. The Bertz CT molecular complexity index is 1360. The molecule has 2 aromatic carbocycles. The van der Waals surface area contributed by atoms with Gasteiger partial charge in [0, 0.05) is 28.5 Å². The molecule has 5 rings (SSSR count). The fourth-order valence-electron chi connectivity index (χ4n) is 3.49. The number of aromatic nitrogens is 6. The van der Waals surface area contributed by atoms with Gasteiger partial charge in [-0.15, -0.1) is 5.10 Å². The third-order valence-corrected chi connectivity index (χ3v) is 5.33. The van der Waals surface area contributed by atoms with Crippen LogP contribution < -0.4 is 4.90 Å². The number of amides is 1. The number of nitrogens with one attached hydrogen (secondary N) is 1. The molecule has 0 unspecified atom stereocenters. The van der Waals surface area contributed by atoms with Crippen LogP contribution in [0.1, 0.15) is 5.56 Å². The zero-order valence-electron chi connectivity index (χ0n) is 16.9. The SMILES string of the molecule is O=C(Cn1nnc2ccccc21)N(Cc1cccc(Cl)c1)c1ccc(-c2cn[nH]c2)cn1. The van der Waals surface area contributed by atoms with Gasteiger partial charge < -0.3 is 0 Å². The third-order valence-electron chi connectivity index (χ3n) is 5.09. The van der Waals surface area contributed by atoms with Crippen LogP contribution in [0.15, 0.2) is 79.3 Å². The Morgan fingerprint density at radius 3 is 2.72 bits per heavy atom. The minimum absolute atomic E-state index is 0.0340. The predicted octanol–water partition coefficient (Wildman–Crippen LogP) is 4.10. The number of rotatable bonds is 6. The van der Waals surface area contributed by atoms with Gasteiger partial charge in [0.25, 0.3) is 0 Å². The van der Waals surface area contributed by atoms with Gasteiger partial charge in [-0.3, -0.25) is 14.8 Å². The van der Waals surface area contributed by atoms with Crippen LogP contribution in [0.25, 0.3) is 22.2 Å². The van der Waals surface area contributed by atoms with Crippen molar-refractivity contribution < 1.29 is 4.79 Å². The van der Waals surface area contributed by atoms with Crippen molar-refractivity contribution >= 4 is 34.4 Å². The summed E-state index contributed by atoms with van der Waals surface area (Å²) in [6.07, 6.45) is 5.24. The van der Waals surface area contributed by atoms with Gasteiger partial charge in [0.1, 0.15) is 17.9 Å². The molecule has 3 heterocycles. The van der Waals surface area contributed by atoms with E-state index in [0.717, 1.165) is 27.7 Å². The molecular formula is C23H18ClN7O. The second kappa shape index (κ2) is 8.60. The second-order valence-electron chi connectivity index (χ2n) is 7.24. The molecule has 32 heavy (non-hydrogen) atoms. The normalized spacial score (nSPS) is 11.0. The molecule has 0 aliphatic rings. The van der Waals surface area contributed by atoms with E-state index in [4.69, 9.17) is 11.6 Å². The summed E-state index contributed by atoms with van der Waals surface area (Å²) in [6, 6.07) is 18.7. The Morgan fingerprint density at radius 1 is 1.03 bits per heavy atom. The van der Waals surface area contributed by atoms with Gasteiger partial charge in [0.15, 0.2) is 0 Å². The highest BCUT2D eigenvalue weighted by Crippen LogP contribution is 2.22. The van der Waals surface area contributed by atoms with Crippen molar-refractivity contribution in [3.05, 3.63) is 89.8 Å². The highest BCUT2D eigenvalue weighted by atomic mass is 35.5. The number of carbonyl (C=O) groups is 1. The van der Waals surface area contributed by atoms with Gasteiger partial charge in [-0.2, -0.15) is 5.10 Å². The van der Waals surface area contributed by atoms with Crippen molar-refractivity contribution in [2.75, 3.05) is 4.90 Å². The van der Waals surface area contributed by atoms with Gasteiger partial charge in [-0.1, -0.05) is 41.1 Å². The van der Waals surface area contributed by atoms with Gasteiger partial charge in [-0.25, -0.2) is 9.67 Å². The lowest BCUT2D eigenvalue weighted by atomic mass is 10.1. The number of hydrogen-bond donors (Lipinski definition) is 1. The Morgan fingerprint density at radius 2 is 1.94 bits per heavy atom. The van der Waals surface area contributed by atoms with Crippen LogP contribution in [0.4, 0.5) is 5.82 Å². The van der Waals surface area contributed by atoms with E-state index < -0.39 is 0 Å². The summed E-state index contributed by atoms with van der Waals surface area (Å²) in [5.74, 6) is 0.371. The van der Waals surface area contributed by atoms with Crippen LogP contribution in [0, 0.1) is 0 Å². The average molecular weight is 444 g/mol. The second-order valence-corrected chi connectivity index (χ2v) is 7.67. The molecule has 5 aromatic rings. The molecule has 0 fully saturated rings. The van der Waals surface area contributed by atoms with E-state index in [2.05, 4.69) is 25.5 Å². The van der Waals surface area contributed by atoms with E-state index in [1.807, 2.05) is 54.6 Å². The first kappa shape index (κ1) is 19.9. The molecule has 1 N–H and O–H groups in total. The molecule has 0 aliphatic carbocycles. The molecule has 0 spiro atoms. The first-order chi connectivity index (χ1) is 15.7. The van der Waals surface area contributed by atoms with Crippen LogP contribution >= 0.6 is 11.6 Å². The van der Waals surface area contributed by atoms with Crippen LogP contribution in [-0.4, -0.2) is 36.1 Å². The zero-order valence-corrected chi connectivity index (χ0v) is 17.6. The molecule has 0 bridgehead atoms. The maximum atomic E-state index is 13.4. The number of carbonyl (C=O) groups excluding carboxylic acids is 1. The van der Waals surface area contributed by atoms with E-state index in [9.17, 15) is 4.79 Å². The van der Waals surface area contributed by atoms with E-state index >= 15 is 0 Å². The molecule has 0 radical (unpaired) electrons. The van der Waals surface area contributed by atoms with Gasteiger partial charge in [-0.05, 0) is 42.0 Å². The number of H-pyrrole nitrogens is 1. The number of fused-ring (bicyclic) bond motifs is 1. The standard InChI is InChI=1S/C23H18ClN7O/c24-19-5-3-4-16(10-19)14-30(22-9-8-17(11-25-22)18-12-26-27-13-18)23(32)15-31-21-7-2-1-6-20(21)28-29-31/h1-13H,14-15H2,(H,26,27). The quantitative estimate of drug-likeness (QED) is 0.426. The summed E-state index contributed by atoms with van der Waals surface area (Å²) < 4.78 is 1.60. The van der Waals surface area contributed by atoms with E-state index in [-0.39, 0.29) is 12.5 Å². The van der Waals surface area contributed by atoms with Crippen molar-refractivity contribution in [1.29, 1.82) is 0 Å². The molecule has 0 atom stereocenters. The highest BCUT2D eigenvalue weighted by molar-refractivity contribution is 6.30. The predicted molar refractivity (Wildman–Crippen MR) is 122 cm³/mol. The fraction of sp³-hybridized carbons (Fsp3) is 0.0870. The molecule has 3 aromatic heterocycles. The molecular weight excluding hydrogens is 426 g/mol. The minimum atomic E-state index is -0.163. The number of halogens is 1. The number of hydrogen-bond acceptors (Lipinski definition) is 5. The average Bonchev–Trinajstić information content (AvgIpc) is 3.49. The molecule has 158 valence electrons. The van der Waals surface area contributed by atoms with Crippen molar-refractivity contribution in [2.24, 2.45) is 0 Å².